The Kier molecular flexibility index (Phi) is 5.72. The van der Waals surface area contributed by atoms with Gasteiger partial charge in [-0.25, -0.2) is 9.87 Å². The van der Waals surface area contributed by atoms with Gasteiger partial charge in [0.2, 0.25) is 5.91 Å². The van der Waals surface area contributed by atoms with Gasteiger partial charge in [-0.05, 0) is 29.8 Å². The first-order valence-electron chi connectivity index (χ1n) is 6.57. The number of rotatable bonds is 7. The van der Waals surface area contributed by atoms with E-state index in [1.807, 2.05) is 30.3 Å². The molecule has 0 bridgehead atoms. The Morgan fingerprint density at radius 3 is 2.43 bits per heavy atom. The van der Waals surface area contributed by atoms with E-state index >= 15 is 0 Å². The van der Waals surface area contributed by atoms with Crippen LogP contribution in [0.4, 0.5) is 4.39 Å². The van der Waals surface area contributed by atoms with Crippen molar-refractivity contribution in [2.75, 3.05) is 13.2 Å². The molecule has 4 nitrogen and oxygen atoms in total. The number of para-hydroxylation sites is 1. The van der Waals surface area contributed by atoms with E-state index in [1.165, 1.54) is 12.1 Å². The summed E-state index contributed by atoms with van der Waals surface area (Å²) in [4.78, 5) is 16.6. The first-order valence-corrected chi connectivity index (χ1v) is 6.57. The summed E-state index contributed by atoms with van der Waals surface area (Å²) in [5.74, 6) is 0.133. The van der Waals surface area contributed by atoms with Crippen LogP contribution in [0.25, 0.3) is 0 Å². The number of ether oxygens (including phenoxy) is 1. The molecule has 0 saturated carbocycles. The number of carbonyl (C=O) groups excluding carboxylic acids is 1. The Morgan fingerprint density at radius 1 is 1.00 bits per heavy atom. The molecule has 0 aromatic heterocycles. The average molecular weight is 289 g/mol. The summed E-state index contributed by atoms with van der Waals surface area (Å²) in [6, 6.07) is 15.1. The fraction of sp³-hybridized carbons (Fsp3) is 0.188. The normalized spacial score (nSPS) is 10.1. The van der Waals surface area contributed by atoms with Crippen molar-refractivity contribution < 1.29 is 18.8 Å². The minimum Gasteiger partial charge on any atom is -0.491 e. The smallest absolute Gasteiger partial charge is 0.247 e. The van der Waals surface area contributed by atoms with Crippen LogP contribution < -0.4 is 10.2 Å². The number of hydrogen-bond donors (Lipinski definition) is 1. The highest BCUT2D eigenvalue weighted by Gasteiger charge is 2.03. The van der Waals surface area contributed by atoms with E-state index in [-0.39, 0.29) is 24.8 Å². The quantitative estimate of drug-likeness (QED) is 0.629. The Morgan fingerprint density at radius 2 is 1.71 bits per heavy atom. The SMILES string of the molecule is O=C(Cc1ccc(F)cc1)NOCCOc1ccccc1. The number of nitrogens with one attached hydrogen (secondary N) is 1. The van der Waals surface area contributed by atoms with E-state index in [2.05, 4.69) is 5.48 Å². The van der Waals surface area contributed by atoms with Crippen LogP contribution in [0.5, 0.6) is 5.75 Å². The van der Waals surface area contributed by atoms with Gasteiger partial charge in [0.1, 0.15) is 24.8 Å². The third-order valence-corrected chi connectivity index (χ3v) is 2.66. The van der Waals surface area contributed by atoms with Crippen LogP contribution in [0.3, 0.4) is 0 Å². The van der Waals surface area contributed by atoms with Crippen molar-refractivity contribution in [1.82, 2.24) is 5.48 Å². The predicted molar refractivity (Wildman–Crippen MR) is 76.1 cm³/mol. The molecule has 5 heteroatoms. The topological polar surface area (TPSA) is 47.6 Å². The van der Waals surface area contributed by atoms with Gasteiger partial charge in [0.25, 0.3) is 0 Å². The summed E-state index contributed by atoms with van der Waals surface area (Å²) in [6.45, 7) is 0.574. The zero-order valence-corrected chi connectivity index (χ0v) is 11.4. The van der Waals surface area contributed by atoms with Gasteiger partial charge in [0.05, 0.1) is 6.42 Å². The lowest BCUT2D eigenvalue weighted by atomic mass is 10.1. The van der Waals surface area contributed by atoms with E-state index in [0.717, 1.165) is 11.3 Å². The van der Waals surface area contributed by atoms with Crippen molar-refractivity contribution in [3.8, 4) is 5.75 Å². The Hall–Kier alpha value is -2.40. The van der Waals surface area contributed by atoms with Gasteiger partial charge in [-0.2, -0.15) is 0 Å². The van der Waals surface area contributed by atoms with E-state index < -0.39 is 0 Å². The monoisotopic (exact) mass is 289 g/mol. The van der Waals surface area contributed by atoms with Crippen molar-refractivity contribution in [1.29, 1.82) is 0 Å². The molecule has 0 aliphatic heterocycles. The fourth-order valence-electron chi connectivity index (χ4n) is 1.67. The van der Waals surface area contributed by atoms with Crippen molar-refractivity contribution in [3.05, 3.63) is 66.0 Å². The van der Waals surface area contributed by atoms with Gasteiger partial charge in [-0.3, -0.25) is 9.63 Å². The number of carbonyl (C=O) groups is 1. The van der Waals surface area contributed by atoms with Crippen molar-refractivity contribution >= 4 is 5.91 Å². The molecular formula is C16H16FNO3. The number of benzene rings is 2. The standard InChI is InChI=1S/C16H16FNO3/c17-14-8-6-13(7-9-14)12-16(19)18-21-11-10-20-15-4-2-1-3-5-15/h1-9H,10-12H2,(H,18,19). The van der Waals surface area contributed by atoms with E-state index in [9.17, 15) is 9.18 Å². The lowest BCUT2D eigenvalue weighted by Crippen LogP contribution is -2.27. The second-order valence-corrected chi connectivity index (χ2v) is 4.34. The molecule has 2 rings (SSSR count). The van der Waals surface area contributed by atoms with Crippen LogP contribution in [-0.2, 0) is 16.1 Å². The minimum absolute atomic E-state index is 0.139. The lowest BCUT2D eigenvalue weighted by molar-refractivity contribution is -0.133. The molecule has 0 aliphatic rings. The molecule has 110 valence electrons. The van der Waals surface area contributed by atoms with Crippen molar-refractivity contribution in [2.24, 2.45) is 0 Å². The Bertz CT molecular complexity index is 557. The molecule has 0 heterocycles. The van der Waals surface area contributed by atoms with Crippen molar-refractivity contribution in [3.63, 3.8) is 0 Å². The van der Waals surface area contributed by atoms with E-state index in [1.54, 1.807) is 12.1 Å². The second-order valence-electron chi connectivity index (χ2n) is 4.34. The predicted octanol–water partition coefficient (Wildman–Crippen LogP) is 2.50. The summed E-state index contributed by atoms with van der Waals surface area (Å²) >= 11 is 0. The van der Waals surface area contributed by atoms with Gasteiger partial charge in [0, 0.05) is 0 Å². The molecule has 2 aromatic carbocycles. The third kappa shape index (κ3) is 5.62. The molecular weight excluding hydrogens is 273 g/mol. The summed E-state index contributed by atoms with van der Waals surface area (Å²) in [5, 5.41) is 0. The molecule has 0 atom stereocenters. The molecule has 0 radical (unpaired) electrons. The molecule has 0 fully saturated rings. The van der Waals surface area contributed by atoms with E-state index in [4.69, 9.17) is 9.57 Å². The molecule has 0 spiro atoms. The van der Waals surface area contributed by atoms with Crippen LogP contribution in [-0.4, -0.2) is 19.1 Å². The van der Waals surface area contributed by atoms with Crippen molar-refractivity contribution in [2.45, 2.75) is 6.42 Å². The number of halogens is 1. The zero-order valence-electron chi connectivity index (χ0n) is 11.4. The molecule has 2 aromatic rings. The molecule has 21 heavy (non-hydrogen) atoms. The van der Waals surface area contributed by atoms with Gasteiger partial charge >= 0.3 is 0 Å². The zero-order chi connectivity index (χ0) is 14.9. The maximum atomic E-state index is 12.7. The molecule has 1 N–H and O–H groups in total. The summed E-state index contributed by atoms with van der Waals surface area (Å²) in [6.07, 6.45) is 0.139. The fourth-order valence-corrected chi connectivity index (χ4v) is 1.67. The van der Waals surface area contributed by atoms with Gasteiger partial charge in [-0.15, -0.1) is 0 Å². The first-order chi connectivity index (χ1) is 10.2. The second kappa shape index (κ2) is 8.01. The summed E-state index contributed by atoms with van der Waals surface area (Å²) in [5.41, 5.74) is 3.04. The summed E-state index contributed by atoms with van der Waals surface area (Å²) in [7, 11) is 0. The van der Waals surface area contributed by atoms with Crippen LogP contribution >= 0.6 is 0 Å². The largest absolute Gasteiger partial charge is 0.491 e. The first kappa shape index (κ1) is 15.0. The molecule has 1 amide bonds. The Labute approximate surface area is 122 Å². The minimum atomic E-state index is -0.325. The highest BCUT2D eigenvalue weighted by molar-refractivity contribution is 5.77. The molecule has 0 aliphatic carbocycles. The third-order valence-electron chi connectivity index (χ3n) is 2.66. The Balaban J connectivity index is 1.60. The number of amides is 1. The number of hydrogen-bond acceptors (Lipinski definition) is 3. The summed E-state index contributed by atoms with van der Waals surface area (Å²) < 4.78 is 18.1. The van der Waals surface area contributed by atoms with E-state index in [0.29, 0.717) is 6.61 Å². The van der Waals surface area contributed by atoms with Crippen LogP contribution in [0.1, 0.15) is 5.56 Å². The highest BCUT2D eigenvalue weighted by atomic mass is 19.1. The van der Waals surface area contributed by atoms with Crippen LogP contribution in [0.2, 0.25) is 0 Å². The van der Waals surface area contributed by atoms with Gasteiger partial charge < -0.3 is 4.74 Å². The van der Waals surface area contributed by atoms with Crippen LogP contribution in [0.15, 0.2) is 54.6 Å². The lowest BCUT2D eigenvalue weighted by Gasteiger charge is -2.07. The highest BCUT2D eigenvalue weighted by Crippen LogP contribution is 2.07. The number of hydroxylamine groups is 1. The van der Waals surface area contributed by atoms with Crippen LogP contribution in [0, 0.1) is 5.82 Å². The maximum absolute atomic E-state index is 12.7. The van der Waals surface area contributed by atoms with Gasteiger partial charge in [-0.1, -0.05) is 30.3 Å². The maximum Gasteiger partial charge on any atom is 0.247 e. The molecule has 0 saturated heterocycles. The average Bonchev–Trinajstić information content (AvgIpc) is 2.50. The molecule has 0 unspecified atom stereocenters. The van der Waals surface area contributed by atoms with Gasteiger partial charge in [0.15, 0.2) is 0 Å².